The van der Waals surface area contributed by atoms with Crippen LogP contribution in [-0.2, 0) is 16.6 Å². The van der Waals surface area contributed by atoms with Gasteiger partial charge in [0.05, 0.1) is 15.4 Å². The number of hydrogen-bond donors (Lipinski definition) is 0. The molecule has 3 aromatic rings. The maximum absolute atomic E-state index is 12.5. The van der Waals surface area contributed by atoms with E-state index in [4.69, 9.17) is 4.74 Å². The molecule has 0 saturated carbocycles. The van der Waals surface area contributed by atoms with Crippen LogP contribution in [0.3, 0.4) is 0 Å². The average molecular weight is 441 g/mol. The predicted molar refractivity (Wildman–Crippen MR) is 113 cm³/mol. The Hall–Kier alpha value is -3.73. The fourth-order valence-electron chi connectivity index (χ4n) is 2.74. The second-order valence-corrected chi connectivity index (χ2v) is 7.32. The van der Waals surface area contributed by atoms with E-state index in [1.165, 1.54) is 23.4 Å². The van der Waals surface area contributed by atoms with Crippen LogP contribution in [0.5, 0.6) is 0 Å². The van der Waals surface area contributed by atoms with Crippen molar-refractivity contribution < 1.29 is 19.2 Å². The summed E-state index contributed by atoms with van der Waals surface area (Å²) in [6.07, 6.45) is 1.48. The number of rotatable bonds is 8. The van der Waals surface area contributed by atoms with Gasteiger partial charge < -0.3 is 14.2 Å². The lowest BCUT2D eigenvalue weighted by Crippen LogP contribution is -2.34. The lowest BCUT2D eigenvalue weighted by atomic mass is 10.2. The number of ether oxygens (including phenoxy) is 1. The summed E-state index contributed by atoms with van der Waals surface area (Å²) < 4.78 is 6.73. The van der Waals surface area contributed by atoms with Gasteiger partial charge in [0, 0.05) is 25.3 Å². The van der Waals surface area contributed by atoms with Crippen molar-refractivity contribution in [1.82, 2.24) is 14.8 Å². The Labute approximate surface area is 182 Å². The van der Waals surface area contributed by atoms with Gasteiger partial charge in [-0.25, -0.2) is 4.79 Å². The van der Waals surface area contributed by atoms with E-state index < -0.39 is 23.4 Å². The second kappa shape index (κ2) is 9.85. The largest absolute Gasteiger partial charge is 0.452 e. The summed E-state index contributed by atoms with van der Waals surface area (Å²) in [5, 5.41) is 19.6. The molecule has 0 aliphatic heterocycles. The Morgan fingerprint density at radius 3 is 2.58 bits per heavy atom. The number of esters is 1. The van der Waals surface area contributed by atoms with Gasteiger partial charge in [-0.3, -0.25) is 14.9 Å². The predicted octanol–water partition coefficient (Wildman–Crippen LogP) is 3.08. The zero-order chi connectivity index (χ0) is 22.4. The van der Waals surface area contributed by atoms with Crippen molar-refractivity contribution in [1.29, 1.82) is 0 Å². The Morgan fingerprint density at radius 2 is 1.97 bits per heavy atom. The van der Waals surface area contributed by atoms with Crippen molar-refractivity contribution >= 4 is 35.0 Å². The van der Waals surface area contributed by atoms with E-state index in [-0.39, 0.29) is 11.3 Å². The van der Waals surface area contributed by atoms with Gasteiger partial charge in [0.1, 0.15) is 6.33 Å². The summed E-state index contributed by atoms with van der Waals surface area (Å²) in [6.45, 7) is 1.73. The Bertz CT molecular complexity index is 1100. The van der Waals surface area contributed by atoms with Crippen molar-refractivity contribution in [2.45, 2.75) is 17.0 Å². The molecule has 1 amide bonds. The molecule has 0 N–H and O–H groups in total. The summed E-state index contributed by atoms with van der Waals surface area (Å²) in [4.78, 5) is 37.6. The number of amides is 1. The molecule has 0 saturated heterocycles. The first-order chi connectivity index (χ1) is 14.9. The standard InChI is InChI=1S/C20H19N5O5S/c1-3-24(15-7-5-4-6-8-15)18(26)12-30-19(27)14-9-10-17(16(11-14)25(28)29)31-20-22-21-13-23(20)2/h4-11,13H,3,12H2,1-2H3. The number of benzene rings is 2. The highest BCUT2D eigenvalue weighted by Crippen LogP contribution is 2.34. The number of likely N-dealkylation sites (N-methyl/N-ethyl adjacent to an activating group) is 1. The van der Waals surface area contributed by atoms with Gasteiger partial charge in [0.25, 0.3) is 11.6 Å². The molecule has 3 rings (SSSR count). The highest BCUT2D eigenvalue weighted by atomic mass is 32.2. The monoisotopic (exact) mass is 441 g/mol. The summed E-state index contributed by atoms with van der Waals surface area (Å²) in [5.74, 6) is -1.22. The lowest BCUT2D eigenvalue weighted by molar-refractivity contribution is -0.387. The summed E-state index contributed by atoms with van der Waals surface area (Å²) in [7, 11) is 1.71. The number of nitro groups is 1. The van der Waals surface area contributed by atoms with Crippen LogP contribution in [0, 0.1) is 10.1 Å². The van der Waals surface area contributed by atoms with Crippen molar-refractivity contribution in [3.05, 3.63) is 70.5 Å². The molecule has 31 heavy (non-hydrogen) atoms. The van der Waals surface area contributed by atoms with Crippen LogP contribution >= 0.6 is 11.8 Å². The Kier molecular flexibility index (Phi) is 6.98. The number of hydrogen-bond acceptors (Lipinski definition) is 8. The third-order valence-corrected chi connectivity index (χ3v) is 5.39. The van der Waals surface area contributed by atoms with E-state index >= 15 is 0 Å². The van der Waals surface area contributed by atoms with Crippen LogP contribution < -0.4 is 4.90 Å². The van der Waals surface area contributed by atoms with Crippen LogP contribution in [0.1, 0.15) is 17.3 Å². The van der Waals surface area contributed by atoms with Gasteiger partial charge in [0.2, 0.25) is 0 Å². The Morgan fingerprint density at radius 1 is 1.23 bits per heavy atom. The van der Waals surface area contributed by atoms with E-state index in [9.17, 15) is 19.7 Å². The highest BCUT2D eigenvalue weighted by Gasteiger charge is 2.22. The van der Waals surface area contributed by atoms with Gasteiger partial charge >= 0.3 is 5.97 Å². The molecule has 160 valence electrons. The van der Waals surface area contributed by atoms with E-state index in [0.29, 0.717) is 22.3 Å². The van der Waals surface area contributed by atoms with Crippen LogP contribution in [-0.4, -0.2) is 44.7 Å². The third kappa shape index (κ3) is 5.25. The number of aryl methyl sites for hydroxylation is 1. The minimum atomic E-state index is -0.823. The topological polar surface area (TPSA) is 120 Å². The van der Waals surface area contributed by atoms with E-state index in [1.807, 2.05) is 13.0 Å². The van der Waals surface area contributed by atoms with Gasteiger partial charge in [-0.15, -0.1) is 10.2 Å². The van der Waals surface area contributed by atoms with Crippen LogP contribution in [0.25, 0.3) is 0 Å². The number of carbonyl (C=O) groups is 2. The molecule has 0 aliphatic rings. The second-order valence-electron chi connectivity index (χ2n) is 6.32. The van der Waals surface area contributed by atoms with Gasteiger partial charge in [0.15, 0.2) is 11.8 Å². The first-order valence-corrected chi connectivity index (χ1v) is 10.0. The molecular weight excluding hydrogens is 422 g/mol. The number of carbonyl (C=O) groups excluding carboxylic acids is 2. The van der Waals surface area contributed by atoms with Crippen molar-refractivity contribution in [2.75, 3.05) is 18.1 Å². The zero-order valence-electron chi connectivity index (χ0n) is 16.8. The molecule has 10 nitrogen and oxygen atoms in total. The Balaban J connectivity index is 1.71. The van der Waals surface area contributed by atoms with Crippen LogP contribution in [0.4, 0.5) is 11.4 Å². The molecule has 0 spiro atoms. The minimum absolute atomic E-state index is 0.0235. The molecule has 1 aromatic heterocycles. The smallest absolute Gasteiger partial charge is 0.338 e. The SMILES string of the molecule is CCN(C(=O)COC(=O)c1ccc(Sc2nncn2C)c([N+](=O)[O-])c1)c1ccccc1. The lowest BCUT2D eigenvalue weighted by Gasteiger charge is -2.20. The molecule has 1 heterocycles. The van der Waals surface area contributed by atoms with Crippen molar-refractivity contribution in [2.24, 2.45) is 7.05 Å². The van der Waals surface area contributed by atoms with E-state index in [0.717, 1.165) is 17.8 Å². The van der Waals surface area contributed by atoms with Crippen molar-refractivity contribution in [3.63, 3.8) is 0 Å². The summed E-state index contributed by atoms with van der Waals surface area (Å²) in [6, 6.07) is 13.0. The van der Waals surface area contributed by atoms with Crippen LogP contribution in [0.2, 0.25) is 0 Å². The molecule has 0 unspecified atom stereocenters. The summed E-state index contributed by atoms with van der Waals surface area (Å²) in [5.41, 5.74) is 0.393. The summed E-state index contributed by atoms with van der Waals surface area (Å²) >= 11 is 1.05. The van der Waals surface area contributed by atoms with E-state index in [1.54, 1.807) is 35.9 Å². The molecule has 0 radical (unpaired) electrons. The number of nitro benzene ring substituents is 1. The first-order valence-electron chi connectivity index (χ1n) is 9.23. The minimum Gasteiger partial charge on any atom is -0.452 e. The zero-order valence-corrected chi connectivity index (χ0v) is 17.6. The maximum atomic E-state index is 12.5. The number of aromatic nitrogens is 3. The molecule has 0 aliphatic carbocycles. The van der Waals surface area contributed by atoms with Crippen LogP contribution in [0.15, 0.2) is 64.9 Å². The molecule has 0 bridgehead atoms. The molecule has 2 aromatic carbocycles. The van der Waals surface area contributed by atoms with Gasteiger partial charge in [-0.05, 0) is 43.0 Å². The molecule has 0 fully saturated rings. The maximum Gasteiger partial charge on any atom is 0.338 e. The van der Waals surface area contributed by atoms with Gasteiger partial charge in [-0.1, -0.05) is 18.2 Å². The number of anilines is 1. The molecule has 0 atom stereocenters. The fourth-order valence-corrected chi connectivity index (χ4v) is 3.59. The average Bonchev–Trinajstić information content (AvgIpc) is 3.17. The molecular formula is C20H19N5O5S. The number of nitrogens with zero attached hydrogens (tertiary/aromatic N) is 5. The van der Waals surface area contributed by atoms with Gasteiger partial charge in [-0.2, -0.15) is 0 Å². The normalized spacial score (nSPS) is 10.5. The van der Waals surface area contributed by atoms with E-state index in [2.05, 4.69) is 10.2 Å². The van der Waals surface area contributed by atoms with Crippen molar-refractivity contribution in [3.8, 4) is 0 Å². The third-order valence-electron chi connectivity index (χ3n) is 4.27. The fraction of sp³-hybridized carbons (Fsp3) is 0.200. The number of para-hydroxylation sites is 1. The molecule has 11 heteroatoms. The highest BCUT2D eigenvalue weighted by molar-refractivity contribution is 7.99. The first kappa shape index (κ1) is 22.0. The quantitative estimate of drug-likeness (QED) is 0.297.